The monoisotopic (exact) mass is 306 g/mol. The summed E-state index contributed by atoms with van der Waals surface area (Å²) in [7, 11) is 1.72. The minimum Gasteiger partial charge on any atom is -0.387 e. The average Bonchev–Trinajstić information content (AvgIpc) is 2.47. The molecule has 2 aromatic rings. The van der Waals surface area contributed by atoms with Crippen LogP contribution in [-0.2, 0) is 0 Å². The van der Waals surface area contributed by atoms with Crippen molar-refractivity contribution in [3.05, 3.63) is 64.4 Å². The summed E-state index contributed by atoms with van der Waals surface area (Å²) < 4.78 is 13.7. The lowest BCUT2D eigenvalue weighted by atomic mass is 10.1. The summed E-state index contributed by atoms with van der Waals surface area (Å²) in [4.78, 5) is 12.3. The smallest absolute Gasteiger partial charge is 0.253 e. The third kappa shape index (κ3) is 3.52. The summed E-state index contributed by atoms with van der Waals surface area (Å²) >= 11 is 5.93. The molecule has 110 valence electrons. The van der Waals surface area contributed by atoms with Gasteiger partial charge in [-0.05, 0) is 31.2 Å². The van der Waals surface area contributed by atoms with Crippen molar-refractivity contribution in [1.29, 1.82) is 0 Å². The molecule has 5 heteroatoms. The number of carbonyl (C=O) groups excluding carboxylic acids is 1. The van der Waals surface area contributed by atoms with E-state index in [4.69, 9.17) is 11.6 Å². The van der Waals surface area contributed by atoms with Crippen LogP contribution in [0.5, 0.6) is 0 Å². The molecule has 0 saturated carbocycles. The van der Waals surface area contributed by atoms with E-state index in [0.717, 1.165) is 0 Å². The molecule has 2 rings (SSSR count). The van der Waals surface area contributed by atoms with E-state index in [1.54, 1.807) is 50.4 Å². The second kappa shape index (κ2) is 6.59. The Morgan fingerprint density at radius 1 is 1.24 bits per heavy atom. The molecule has 2 N–H and O–H groups in total. The maximum atomic E-state index is 13.7. The quantitative estimate of drug-likeness (QED) is 0.896. The van der Waals surface area contributed by atoms with E-state index in [9.17, 15) is 9.18 Å². The summed E-state index contributed by atoms with van der Waals surface area (Å²) in [6, 6.07) is 10.9. The molecule has 0 aliphatic heterocycles. The molecule has 2 aromatic carbocycles. The van der Waals surface area contributed by atoms with Crippen LogP contribution in [0.25, 0.3) is 0 Å². The zero-order chi connectivity index (χ0) is 15.4. The molecule has 0 heterocycles. The predicted octanol–water partition coefficient (Wildman–Crippen LogP) is 4.01. The Kier molecular flexibility index (Phi) is 4.81. The lowest BCUT2D eigenvalue weighted by Gasteiger charge is -2.16. The van der Waals surface area contributed by atoms with Gasteiger partial charge in [0.2, 0.25) is 0 Å². The van der Waals surface area contributed by atoms with Gasteiger partial charge >= 0.3 is 0 Å². The molecular formula is C16H16ClFN2O. The van der Waals surface area contributed by atoms with E-state index in [-0.39, 0.29) is 11.7 Å². The summed E-state index contributed by atoms with van der Waals surface area (Å²) in [6.07, 6.45) is 0. The van der Waals surface area contributed by atoms with Crippen molar-refractivity contribution >= 4 is 23.2 Å². The Morgan fingerprint density at radius 2 is 1.95 bits per heavy atom. The second-order valence-corrected chi connectivity index (χ2v) is 5.09. The van der Waals surface area contributed by atoms with Crippen molar-refractivity contribution in [1.82, 2.24) is 5.32 Å². The van der Waals surface area contributed by atoms with Gasteiger partial charge in [0, 0.05) is 23.3 Å². The van der Waals surface area contributed by atoms with Gasteiger partial charge in [-0.25, -0.2) is 4.39 Å². The molecule has 1 unspecified atom stereocenters. The minimum absolute atomic E-state index is 0.308. The Bertz CT molecular complexity index is 660. The topological polar surface area (TPSA) is 41.1 Å². The molecule has 0 radical (unpaired) electrons. The molecule has 0 fully saturated rings. The fourth-order valence-electron chi connectivity index (χ4n) is 2.10. The Balaban J connectivity index is 2.22. The first-order valence-electron chi connectivity index (χ1n) is 6.55. The van der Waals surface area contributed by atoms with Crippen LogP contribution in [-0.4, -0.2) is 13.0 Å². The van der Waals surface area contributed by atoms with Crippen LogP contribution in [0.1, 0.15) is 28.9 Å². The van der Waals surface area contributed by atoms with Gasteiger partial charge in [-0.2, -0.15) is 0 Å². The number of amides is 1. The third-order valence-corrected chi connectivity index (χ3v) is 3.45. The van der Waals surface area contributed by atoms with Gasteiger partial charge in [0.15, 0.2) is 0 Å². The SMILES string of the molecule is CNc1ccc(Cl)cc1C(=O)NC(C)c1ccccc1F. The zero-order valence-electron chi connectivity index (χ0n) is 11.8. The van der Waals surface area contributed by atoms with Gasteiger partial charge < -0.3 is 10.6 Å². The predicted molar refractivity (Wildman–Crippen MR) is 83.3 cm³/mol. The summed E-state index contributed by atoms with van der Waals surface area (Å²) in [5.41, 5.74) is 1.53. The number of carbonyl (C=O) groups is 1. The highest BCUT2D eigenvalue weighted by molar-refractivity contribution is 6.31. The van der Waals surface area contributed by atoms with Gasteiger partial charge in [-0.1, -0.05) is 29.8 Å². The number of hydrogen-bond acceptors (Lipinski definition) is 2. The summed E-state index contributed by atoms with van der Waals surface area (Å²) in [5.74, 6) is -0.650. The highest BCUT2D eigenvalue weighted by Crippen LogP contribution is 2.22. The maximum Gasteiger partial charge on any atom is 0.253 e. The molecule has 1 atom stereocenters. The first-order valence-corrected chi connectivity index (χ1v) is 6.93. The van der Waals surface area contributed by atoms with Crippen molar-refractivity contribution in [2.24, 2.45) is 0 Å². The normalized spacial score (nSPS) is 11.8. The standard InChI is InChI=1S/C16H16ClFN2O/c1-10(12-5-3-4-6-14(12)18)20-16(21)13-9-11(17)7-8-15(13)19-2/h3-10,19H,1-2H3,(H,20,21). The third-order valence-electron chi connectivity index (χ3n) is 3.21. The van der Waals surface area contributed by atoms with E-state index >= 15 is 0 Å². The fourth-order valence-corrected chi connectivity index (χ4v) is 2.27. The Morgan fingerprint density at radius 3 is 2.62 bits per heavy atom. The maximum absolute atomic E-state index is 13.7. The lowest BCUT2D eigenvalue weighted by molar-refractivity contribution is 0.0940. The van der Waals surface area contributed by atoms with Crippen molar-refractivity contribution in [3.63, 3.8) is 0 Å². The highest BCUT2D eigenvalue weighted by atomic mass is 35.5. The van der Waals surface area contributed by atoms with Crippen LogP contribution in [0.2, 0.25) is 5.02 Å². The first-order chi connectivity index (χ1) is 10.0. The van der Waals surface area contributed by atoms with E-state index in [0.29, 0.717) is 21.8 Å². The number of benzene rings is 2. The summed E-state index contributed by atoms with van der Waals surface area (Å²) in [6.45, 7) is 1.74. The average molecular weight is 307 g/mol. The van der Waals surface area contributed by atoms with Gasteiger partial charge in [0.25, 0.3) is 5.91 Å². The van der Waals surface area contributed by atoms with Gasteiger partial charge in [0.05, 0.1) is 11.6 Å². The Hall–Kier alpha value is -2.07. The molecule has 0 aliphatic carbocycles. The number of hydrogen-bond donors (Lipinski definition) is 2. The first kappa shape index (κ1) is 15.3. The fraction of sp³-hybridized carbons (Fsp3) is 0.188. The molecule has 0 aliphatic rings. The molecule has 0 aromatic heterocycles. The molecule has 0 saturated heterocycles. The van der Waals surface area contributed by atoms with Crippen molar-refractivity contribution in [2.75, 3.05) is 12.4 Å². The molecular weight excluding hydrogens is 291 g/mol. The lowest BCUT2D eigenvalue weighted by Crippen LogP contribution is -2.27. The van der Waals surface area contributed by atoms with Crippen LogP contribution in [0, 0.1) is 5.82 Å². The van der Waals surface area contributed by atoms with Gasteiger partial charge in [0.1, 0.15) is 5.82 Å². The Labute approximate surface area is 128 Å². The van der Waals surface area contributed by atoms with Crippen LogP contribution < -0.4 is 10.6 Å². The van der Waals surface area contributed by atoms with Gasteiger partial charge in [-0.15, -0.1) is 0 Å². The van der Waals surface area contributed by atoms with Crippen molar-refractivity contribution < 1.29 is 9.18 Å². The minimum atomic E-state index is -0.442. The van der Waals surface area contributed by atoms with E-state index in [2.05, 4.69) is 10.6 Å². The van der Waals surface area contributed by atoms with E-state index < -0.39 is 6.04 Å². The summed E-state index contributed by atoms with van der Waals surface area (Å²) in [5, 5.41) is 6.18. The van der Waals surface area contributed by atoms with E-state index in [1.165, 1.54) is 6.07 Å². The molecule has 0 spiro atoms. The van der Waals surface area contributed by atoms with Crippen LogP contribution in [0.4, 0.5) is 10.1 Å². The van der Waals surface area contributed by atoms with E-state index in [1.807, 2.05) is 0 Å². The molecule has 1 amide bonds. The molecule has 3 nitrogen and oxygen atoms in total. The van der Waals surface area contributed by atoms with Crippen molar-refractivity contribution in [2.45, 2.75) is 13.0 Å². The van der Waals surface area contributed by atoms with Crippen LogP contribution in [0.15, 0.2) is 42.5 Å². The number of halogens is 2. The molecule has 21 heavy (non-hydrogen) atoms. The van der Waals surface area contributed by atoms with Crippen LogP contribution >= 0.6 is 11.6 Å². The highest BCUT2D eigenvalue weighted by Gasteiger charge is 2.16. The molecule has 0 bridgehead atoms. The number of rotatable bonds is 4. The van der Waals surface area contributed by atoms with Crippen LogP contribution in [0.3, 0.4) is 0 Å². The second-order valence-electron chi connectivity index (χ2n) is 4.66. The number of anilines is 1. The van der Waals surface area contributed by atoms with Crippen molar-refractivity contribution in [3.8, 4) is 0 Å². The largest absolute Gasteiger partial charge is 0.387 e. The zero-order valence-corrected chi connectivity index (χ0v) is 12.5. The number of nitrogens with one attached hydrogen (secondary N) is 2. The van der Waals surface area contributed by atoms with Gasteiger partial charge in [-0.3, -0.25) is 4.79 Å².